The maximum absolute atomic E-state index is 14.1. The lowest BCUT2D eigenvalue weighted by molar-refractivity contribution is 0.102. The quantitative estimate of drug-likeness (QED) is 0.666. The average Bonchev–Trinajstić information content (AvgIpc) is 2.66. The standard InChI is InChI=1S/C19H17FN4O2/c1-12(8-21)10-26-18-5-3-13(6-16(18)20)19(25)24-15-4-2-14-9-22-11-23-17(14)7-15/h2-7,9,11H,1,8,10,21H2,(H,24,25). The van der Waals surface area contributed by atoms with Crippen molar-refractivity contribution in [2.24, 2.45) is 5.73 Å². The van der Waals surface area contributed by atoms with Crippen LogP contribution in [0.2, 0.25) is 0 Å². The van der Waals surface area contributed by atoms with Gasteiger partial charge in [0.05, 0.1) is 5.52 Å². The Kier molecular flexibility index (Phi) is 5.19. The van der Waals surface area contributed by atoms with Crippen molar-refractivity contribution in [2.75, 3.05) is 18.5 Å². The second-order valence-electron chi connectivity index (χ2n) is 5.64. The Hall–Kier alpha value is -3.32. The van der Waals surface area contributed by atoms with Crippen molar-refractivity contribution in [3.05, 3.63) is 72.5 Å². The molecule has 0 fully saturated rings. The van der Waals surface area contributed by atoms with E-state index >= 15 is 0 Å². The Bertz CT molecular complexity index is 975. The minimum atomic E-state index is -0.631. The van der Waals surface area contributed by atoms with Crippen molar-refractivity contribution < 1.29 is 13.9 Å². The van der Waals surface area contributed by atoms with Crippen LogP contribution in [0.3, 0.4) is 0 Å². The monoisotopic (exact) mass is 352 g/mol. The lowest BCUT2D eigenvalue weighted by Crippen LogP contribution is -2.13. The van der Waals surface area contributed by atoms with Crippen molar-refractivity contribution >= 4 is 22.5 Å². The number of benzene rings is 2. The van der Waals surface area contributed by atoms with Crippen LogP contribution >= 0.6 is 0 Å². The van der Waals surface area contributed by atoms with Gasteiger partial charge in [-0.15, -0.1) is 0 Å². The third-order valence-electron chi connectivity index (χ3n) is 3.68. The number of carbonyl (C=O) groups is 1. The molecule has 3 rings (SSSR count). The van der Waals surface area contributed by atoms with E-state index in [1.165, 1.54) is 18.5 Å². The number of anilines is 1. The number of ether oxygens (including phenoxy) is 1. The molecule has 0 unspecified atom stereocenters. The van der Waals surface area contributed by atoms with Gasteiger partial charge in [-0.1, -0.05) is 6.58 Å². The van der Waals surface area contributed by atoms with E-state index < -0.39 is 11.7 Å². The van der Waals surface area contributed by atoms with Crippen molar-refractivity contribution in [3.63, 3.8) is 0 Å². The molecule has 0 aliphatic rings. The Labute approximate surface area is 149 Å². The van der Waals surface area contributed by atoms with E-state index in [-0.39, 0.29) is 24.5 Å². The predicted molar refractivity (Wildman–Crippen MR) is 97.6 cm³/mol. The minimum absolute atomic E-state index is 0.0403. The van der Waals surface area contributed by atoms with E-state index in [1.54, 1.807) is 24.4 Å². The molecule has 0 atom stereocenters. The maximum atomic E-state index is 14.1. The highest BCUT2D eigenvalue weighted by atomic mass is 19.1. The number of nitrogens with zero attached hydrogens (tertiary/aromatic N) is 2. The summed E-state index contributed by atoms with van der Waals surface area (Å²) in [6.45, 7) is 4.07. The van der Waals surface area contributed by atoms with Crippen LogP contribution in [0.4, 0.5) is 10.1 Å². The number of hydrogen-bond donors (Lipinski definition) is 2. The SMILES string of the molecule is C=C(CN)COc1ccc(C(=O)Nc2ccc3cncnc3c2)cc1F. The van der Waals surface area contributed by atoms with Crippen molar-refractivity contribution in [1.82, 2.24) is 9.97 Å². The third kappa shape index (κ3) is 4.01. The Balaban J connectivity index is 1.72. The fourth-order valence-corrected chi connectivity index (χ4v) is 2.25. The zero-order valence-corrected chi connectivity index (χ0v) is 13.9. The van der Waals surface area contributed by atoms with E-state index in [4.69, 9.17) is 10.5 Å². The number of amides is 1. The van der Waals surface area contributed by atoms with Gasteiger partial charge >= 0.3 is 0 Å². The molecule has 6 nitrogen and oxygen atoms in total. The van der Waals surface area contributed by atoms with Crippen molar-refractivity contribution in [2.45, 2.75) is 0 Å². The molecule has 26 heavy (non-hydrogen) atoms. The van der Waals surface area contributed by atoms with Crippen LogP contribution in [0, 0.1) is 5.82 Å². The molecule has 7 heteroatoms. The van der Waals surface area contributed by atoms with Gasteiger partial charge in [-0.3, -0.25) is 4.79 Å². The molecule has 1 amide bonds. The van der Waals surface area contributed by atoms with Gasteiger partial charge in [0.15, 0.2) is 11.6 Å². The highest BCUT2D eigenvalue weighted by molar-refractivity contribution is 6.05. The molecule has 3 N–H and O–H groups in total. The van der Waals surface area contributed by atoms with Gasteiger partial charge < -0.3 is 15.8 Å². The Morgan fingerprint density at radius 3 is 2.88 bits per heavy atom. The molecular weight excluding hydrogens is 335 g/mol. The zero-order valence-electron chi connectivity index (χ0n) is 13.9. The molecule has 132 valence electrons. The van der Waals surface area contributed by atoms with E-state index in [0.29, 0.717) is 16.8 Å². The molecule has 3 aromatic rings. The zero-order chi connectivity index (χ0) is 18.5. The number of halogens is 1. The van der Waals surface area contributed by atoms with Crippen LogP contribution in [-0.4, -0.2) is 29.0 Å². The van der Waals surface area contributed by atoms with Gasteiger partial charge in [-0.05, 0) is 42.0 Å². The maximum Gasteiger partial charge on any atom is 0.255 e. The Morgan fingerprint density at radius 2 is 2.12 bits per heavy atom. The second-order valence-corrected chi connectivity index (χ2v) is 5.64. The predicted octanol–water partition coefficient (Wildman–Crippen LogP) is 2.91. The molecule has 0 saturated carbocycles. The van der Waals surface area contributed by atoms with Gasteiger partial charge in [0.1, 0.15) is 12.9 Å². The highest BCUT2D eigenvalue weighted by Gasteiger charge is 2.11. The highest BCUT2D eigenvalue weighted by Crippen LogP contribution is 2.21. The number of carbonyl (C=O) groups excluding carboxylic acids is 1. The largest absolute Gasteiger partial charge is 0.486 e. The van der Waals surface area contributed by atoms with Crippen LogP contribution in [-0.2, 0) is 0 Å². The number of nitrogens with two attached hydrogens (primary N) is 1. The summed E-state index contributed by atoms with van der Waals surface area (Å²) in [6, 6.07) is 9.27. The summed E-state index contributed by atoms with van der Waals surface area (Å²) in [4.78, 5) is 20.4. The summed E-state index contributed by atoms with van der Waals surface area (Å²) in [6.07, 6.45) is 3.11. The molecule has 0 bridgehead atoms. The summed E-state index contributed by atoms with van der Waals surface area (Å²) in [5.74, 6) is -1.03. The molecule has 0 radical (unpaired) electrons. The lowest BCUT2D eigenvalue weighted by atomic mass is 10.1. The number of aromatic nitrogens is 2. The first-order chi connectivity index (χ1) is 12.6. The van der Waals surface area contributed by atoms with Gasteiger partial charge in [0.25, 0.3) is 5.91 Å². The van der Waals surface area contributed by atoms with Crippen LogP contribution in [0.5, 0.6) is 5.75 Å². The second kappa shape index (κ2) is 7.71. The molecule has 0 saturated heterocycles. The van der Waals surface area contributed by atoms with Crippen LogP contribution in [0.25, 0.3) is 10.9 Å². The number of rotatable bonds is 6. The van der Waals surface area contributed by atoms with Gasteiger partial charge in [-0.2, -0.15) is 0 Å². The molecule has 1 heterocycles. The summed E-state index contributed by atoms with van der Waals surface area (Å²) in [5.41, 5.74) is 7.49. The first-order valence-electron chi connectivity index (χ1n) is 7.87. The first kappa shape index (κ1) is 17.5. The van der Waals surface area contributed by atoms with Gasteiger partial charge in [-0.25, -0.2) is 14.4 Å². The van der Waals surface area contributed by atoms with Crippen LogP contribution < -0.4 is 15.8 Å². The minimum Gasteiger partial charge on any atom is -0.486 e. The third-order valence-corrected chi connectivity index (χ3v) is 3.68. The number of hydrogen-bond acceptors (Lipinski definition) is 5. The molecule has 0 aliphatic heterocycles. The van der Waals surface area contributed by atoms with E-state index in [0.717, 1.165) is 11.5 Å². The Morgan fingerprint density at radius 1 is 1.27 bits per heavy atom. The topological polar surface area (TPSA) is 90.1 Å². The smallest absolute Gasteiger partial charge is 0.255 e. The molecule has 1 aromatic heterocycles. The first-order valence-corrected chi connectivity index (χ1v) is 7.87. The fourth-order valence-electron chi connectivity index (χ4n) is 2.25. The van der Waals surface area contributed by atoms with Crippen LogP contribution in [0.15, 0.2) is 61.1 Å². The van der Waals surface area contributed by atoms with E-state index in [1.807, 2.05) is 0 Å². The number of fused-ring (bicyclic) bond motifs is 1. The van der Waals surface area contributed by atoms with E-state index in [9.17, 15) is 9.18 Å². The van der Waals surface area contributed by atoms with Gasteiger partial charge in [0.2, 0.25) is 0 Å². The molecule has 0 aliphatic carbocycles. The molecular formula is C19H17FN4O2. The van der Waals surface area contributed by atoms with Crippen molar-refractivity contribution in [1.29, 1.82) is 0 Å². The summed E-state index contributed by atoms with van der Waals surface area (Å²) in [5, 5.41) is 3.58. The van der Waals surface area contributed by atoms with Crippen LogP contribution in [0.1, 0.15) is 10.4 Å². The number of nitrogens with one attached hydrogen (secondary N) is 1. The normalized spacial score (nSPS) is 10.5. The summed E-state index contributed by atoms with van der Waals surface area (Å²) < 4.78 is 19.4. The molecule has 0 spiro atoms. The molecule has 2 aromatic carbocycles. The average molecular weight is 352 g/mol. The van der Waals surface area contributed by atoms with Gasteiger partial charge in [0, 0.05) is 29.4 Å². The summed E-state index contributed by atoms with van der Waals surface area (Å²) >= 11 is 0. The van der Waals surface area contributed by atoms with Crippen molar-refractivity contribution in [3.8, 4) is 5.75 Å². The lowest BCUT2D eigenvalue weighted by Gasteiger charge is -2.10. The fraction of sp³-hybridized carbons (Fsp3) is 0.105. The van der Waals surface area contributed by atoms with E-state index in [2.05, 4.69) is 21.9 Å². The summed E-state index contributed by atoms with van der Waals surface area (Å²) in [7, 11) is 0.